The third kappa shape index (κ3) is 5.62. The summed E-state index contributed by atoms with van der Waals surface area (Å²) in [6.07, 6.45) is -1.48. The Hall–Kier alpha value is -3.78. The van der Waals surface area contributed by atoms with Gasteiger partial charge in [-0.1, -0.05) is 54.6 Å². The maximum absolute atomic E-state index is 12.4. The van der Waals surface area contributed by atoms with E-state index >= 15 is 0 Å². The van der Waals surface area contributed by atoms with Crippen LogP contribution >= 0.6 is 0 Å². The van der Waals surface area contributed by atoms with E-state index in [0.717, 1.165) is 16.7 Å². The molecule has 0 aliphatic heterocycles. The van der Waals surface area contributed by atoms with Gasteiger partial charge in [-0.15, -0.1) is 10.2 Å². The van der Waals surface area contributed by atoms with Gasteiger partial charge in [-0.2, -0.15) is 0 Å². The first kappa shape index (κ1) is 20.9. The highest BCUT2D eigenvalue weighted by Crippen LogP contribution is 2.20. The Balaban J connectivity index is 1.74. The summed E-state index contributed by atoms with van der Waals surface area (Å²) in [6.45, 7) is 0. The van der Waals surface area contributed by atoms with Crippen LogP contribution < -0.4 is 5.32 Å². The second-order valence-electron chi connectivity index (χ2n) is 6.80. The molecule has 8 heteroatoms. The molecule has 3 aromatic rings. The average Bonchev–Trinajstić information content (AvgIpc) is 2.75. The number of carboxylic acids is 1. The van der Waals surface area contributed by atoms with Gasteiger partial charge >= 0.3 is 5.97 Å². The number of aromatic hydroxyl groups is 1. The van der Waals surface area contributed by atoms with Gasteiger partial charge in [-0.05, 0) is 29.2 Å². The van der Waals surface area contributed by atoms with Gasteiger partial charge in [-0.25, -0.2) is 4.79 Å². The normalized spacial score (nSPS) is 12.7. The average molecular weight is 407 g/mol. The summed E-state index contributed by atoms with van der Waals surface area (Å²) in [5.41, 5.74) is 2.95. The lowest BCUT2D eigenvalue weighted by molar-refractivity contribution is -0.147. The predicted octanol–water partition coefficient (Wildman–Crippen LogP) is 2.03. The molecule has 8 nitrogen and oxygen atoms in total. The van der Waals surface area contributed by atoms with E-state index in [-0.39, 0.29) is 18.0 Å². The zero-order valence-corrected chi connectivity index (χ0v) is 16.0. The van der Waals surface area contributed by atoms with Crippen molar-refractivity contribution in [3.05, 3.63) is 78.0 Å². The molecule has 0 bridgehead atoms. The highest BCUT2D eigenvalue weighted by atomic mass is 16.4. The van der Waals surface area contributed by atoms with E-state index in [9.17, 15) is 19.8 Å². The van der Waals surface area contributed by atoms with Crippen molar-refractivity contribution in [3.63, 3.8) is 0 Å². The molecule has 3 rings (SSSR count). The maximum atomic E-state index is 12.4. The largest absolute Gasteiger partial charge is 0.492 e. The highest BCUT2D eigenvalue weighted by Gasteiger charge is 2.23. The summed E-state index contributed by atoms with van der Waals surface area (Å²) in [7, 11) is 0. The van der Waals surface area contributed by atoms with Crippen molar-refractivity contribution in [2.24, 2.45) is 0 Å². The molecule has 0 spiro atoms. The Morgan fingerprint density at radius 2 is 1.57 bits per heavy atom. The Morgan fingerprint density at radius 1 is 0.900 bits per heavy atom. The van der Waals surface area contributed by atoms with Crippen LogP contribution in [-0.4, -0.2) is 49.5 Å². The summed E-state index contributed by atoms with van der Waals surface area (Å²) in [6, 6.07) is 19.4. The number of carbonyl (C=O) groups excluding carboxylic acids is 1. The van der Waals surface area contributed by atoms with Gasteiger partial charge in [0.2, 0.25) is 5.88 Å². The number of aliphatic hydroxyl groups excluding tert-OH is 1. The first-order valence-corrected chi connectivity index (χ1v) is 9.31. The van der Waals surface area contributed by atoms with Gasteiger partial charge < -0.3 is 20.6 Å². The molecule has 1 unspecified atom stereocenters. The molecule has 0 radical (unpaired) electrons. The molecule has 154 valence electrons. The molecule has 0 aliphatic rings. The number of nitrogens with one attached hydrogen (secondary N) is 1. The van der Waals surface area contributed by atoms with Crippen LogP contribution in [-0.2, 0) is 11.2 Å². The number of benzene rings is 2. The molecular formula is C22H21N3O5. The Labute approximate surface area is 172 Å². The smallest absolute Gasteiger partial charge is 0.332 e. The molecule has 2 atom stereocenters. The van der Waals surface area contributed by atoms with Crippen LogP contribution in [0.2, 0.25) is 0 Å². The maximum Gasteiger partial charge on any atom is 0.332 e. The number of amides is 1. The Kier molecular flexibility index (Phi) is 6.71. The van der Waals surface area contributed by atoms with Crippen LogP contribution in [0.15, 0.2) is 66.7 Å². The van der Waals surface area contributed by atoms with Gasteiger partial charge in [0.25, 0.3) is 5.91 Å². The van der Waals surface area contributed by atoms with Crippen molar-refractivity contribution in [3.8, 4) is 17.0 Å². The van der Waals surface area contributed by atoms with Crippen LogP contribution in [0.3, 0.4) is 0 Å². The molecule has 0 saturated carbocycles. The van der Waals surface area contributed by atoms with E-state index in [1.165, 1.54) is 12.1 Å². The third-order valence-electron chi connectivity index (χ3n) is 4.55. The molecular weight excluding hydrogens is 386 g/mol. The van der Waals surface area contributed by atoms with Crippen molar-refractivity contribution in [2.45, 2.75) is 25.0 Å². The van der Waals surface area contributed by atoms with Crippen molar-refractivity contribution in [1.82, 2.24) is 15.5 Å². The van der Waals surface area contributed by atoms with Gasteiger partial charge in [-0.3, -0.25) is 4.79 Å². The minimum absolute atomic E-state index is 0.0259. The summed E-state index contributed by atoms with van der Waals surface area (Å²) < 4.78 is 0. The number of carbonyl (C=O) groups is 2. The minimum atomic E-state index is -1.62. The lowest BCUT2D eigenvalue weighted by Crippen LogP contribution is -2.41. The van der Waals surface area contributed by atoms with Crippen molar-refractivity contribution >= 4 is 11.9 Å². The number of aromatic nitrogens is 2. The fourth-order valence-corrected chi connectivity index (χ4v) is 3.02. The second-order valence-corrected chi connectivity index (χ2v) is 6.80. The van der Waals surface area contributed by atoms with E-state index in [1.54, 1.807) is 0 Å². The lowest BCUT2D eigenvalue weighted by Gasteiger charge is -2.20. The van der Waals surface area contributed by atoms with Crippen molar-refractivity contribution in [2.75, 3.05) is 0 Å². The Bertz CT molecular complexity index is 992. The summed E-state index contributed by atoms with van der Waals surface area (Å²) in [4.78, 5) is 23.5. The minimum Gasteiger partial charge on any atom is -0.492 e. The second kappa shape index (κ2) is 9.62. The molecule has 4 N–H and O–H groups in total. The lowest BCUT2D eigenvalue weighted by atomic mass is 9.97. The molecule has 1 amide bonds. The van der Waals surface area contributed by atoms with Crippen molar-refractivity contribution < 1.29 is 24.9 Å². The van der Waals surface area contributed by atoms with Crippen LogP contribution in [0.25, 0.3) is 11.1 Å². The quantitative estimate of drug-likeness (QED) is 0.449. The van der Waals surface area contributed by atoms with E-state index in [2.05, 4.69) is 15.5 Å². The van der Waals surface area contributed by atoms with Crippen LogP contribution in [0.4, 0.5) is 0 Å². The molecule has 0 fully saturated rings. The van der Waals surface area contributed by atoms with E-state index in [4.69, 9.17) is 5.11 Å². The zero-order valence-electron chi connectivity index (χ0n) is 16.0. The van der Waals surface area contributed by atoms with Gasteiger partial charge in [0.05, 0.1) is 0 Å². The molecule has 1 heterocycles. The third-order valence-corrected chi connectivity index (χ3v) is 4.55. The van der Waals surface area contributed by atoms with Gasteiger partial charge in [0.1, 0.15) is 0 Å². The molecule has 0 saturated heterocycles. The number of hydrogen-bond donors (Lipinski definition) is 4. The van der Waals surface area contributed by atoms with Gasteiger partial charge in [0.15, 0.2) is 11.8 Å². The Morgan fingerprint density at radius 3 is 2.17 bits per heavy atom. The first-order valence-electron chi connectivity index (χ1n) is 9.31. The fourth-order valence-electron chi connectivity index (χ4n) is 3.02. The predicted molar refractivity (Wildman–Crippen MR) is 109 cm³/mol. The molecule has 0 aliphatic carbocycles. The number of carboxylic acid groups (broad SMARTS) is 1. The van der Waals surface area contributed by atoms with E-state index in [1.807, 2.05) is 54.6 Å². The topological polar surface area (TPSA) is 133 Å². The zero-order chi connectivity index (χ0) is 21.5. The summed E-state index contributed by atoms with van der Waals surface area (Å²) in [5, 5.41) is 37.7. The molecule has 2 aromatic carbocycles. The standard InChI is InChI=1S/C22H21N3O5/c26-19(22(29)30)13-17(23-21(28)18-10-11-20(27)25-24-18)12-14-6-8-16(9-7-14)15-4-2-1-3-5-15/h1-11,17,19,26H,12-13H2,(H,23,28)(H,25,27)(H,29,30)/t17?,19-/m1/s1. The first-order chi connectivity index (χ1) is 14.4. The highest BCUT2D eigenvalue weighted by molar-refractivity contribution is 5.92. The molecule has 1 aromatic heterocycles. The summed E-state index contributed by atoms with van der Waals surface area (Å²) >= 11 is 0. The summed E-state index contributed by atoms with van der Waals surface area (Å²) in [5.74, 6) is -2.26. The number of hydrogen-bond acceptors (Lipinski definition) is 6. The van der Waals surface area contributed by atoms with E-state index in [0.29, 0.717) is 6.42 Å². The van der Waals surface area contributed by atoms with Crippen LogP contribution in [0.5, 0.6) is 5.88 Å². The number of nitrogens with zero attached hydrogens (tertiary/aromatic N) is 2. The molecule has 30 heavy (non-hydrogen) atoms. The number of rotatable bonds is 8. The number of aliphatic hydroxyl groups is 1. The van der Waals surface area contributed by atoms with Crippen LogP contribution in [0, 0.1) is 0 Å². The monoisotopic (exact) mass is 407 g/mol. The fraction of sp³-hybridized carbons (Fsp3) is 0.182. The SMILES string of the molecule is O=C(NC(Cc1ccc(-c2ccccc2)cc1)C[C@@H](O)C(=O)O)c1ccc(O)nn1. The van der Waals surface area contributed by atoms with E-state index < -0.39 is 24.0 Å². The number of aliphatic carboxylic acids is 1. The van der Waals surface area contributed by atoms with Gasteiger partial charge in [0, 0.05) is 18.5 Å². The van der Waals surface area contributed by atoms with Crippen LogP contribution in [0.1, 0.15) is 22.5 Å². The van der Waals surface area contributed by atoms with Crippen molar-refractivity contribution in [1.29, 1.82) is 0 Å².